The minimum atomic E-state index is -0.925. The molecule has 1 N–H and O–H groups in total. The zero-order chi connectivity index (χ0) is 23.4. The summed E-state index contributed by atoms with van der Waals surface area (Å²) in [5, 5.41) is 23.1. The van der Waals surface area contributed by atoms with Crippen LogP contribution in [0.25, 0.3) is 5.69 Å². The highest BCUT2D eigenvalue weighted by Crippen LogP contribution is 2.30. The Morgan fingerprint density at radius 1 is 1.22 bits per heavy atom. The molecular formula is C22H17ClN4O5. The van der Waals surface area contributed by atoms with Gasteiger partial charge < -0.3 is 10.1 Å². The number of nitriles is 1. The van der Waals surface area contributed by atoms with Crippen molar-refractivity contribution in [3.63, 3.8) is 0 Å². The van der Waals surface area contributed by atoms with Crippen LogP contribution in [0.5, 0.6) is 0 Å². The topological polar surface area (TPSA) is 127 Å². The highest BCUT2D eigenvalue weighted by Gasteiger charge is 2.22. The molecule has 0 bridgehead atoms. The summed E-state index contributed by atoms with van der Waals surface area (Å²) >= 11 is 5.74. The third kappa shape index (κ3) is 4.45. The minimum Gasteiger partial charge on any atom is -0.452 e. The predicted octanol–water partition coefficient (Wildman–Crippen LogP) is 4.32. The number of benzene rings is 2. The molecule has 2 aromatic carbocycles. The molecule has 9 nitrogen and oxygen atoms in total. The molecule has 0 aliphatic rings. The van der Waals surface area contributed by atoms with Gasteiger partial charge in [0.1, 0.15) is 16.9 Å². The number of aromatic nitrogens is 1. The maximum absolute atomic E-state index is 12.5. The second-order valence-corrected chi connectivity index (χ2v) is 7.17. The van der Waals surface area contributed by atoms with Crippen LogP contribution in [0.4, 0.5) is 11.5 Å². The molecular weight excluding hydrogens is 436 g/mol. The molecule has 10 heteroatoms. The number of anilines is 1. The molecule has 0 saturated heterocycles. The SMILES string of the molecule is Cc1c(C#N)c(NC(=O)COC(=O)c2ccc(Cl)c([N+](=O)[O-])c2)n(-c2ccccc2)c1C. The number of hydrogen-bond acceptors (Lipinski definition) is 6. The van der Waals surface area contributed by atoms with Crippen molar-refractivity contribution < 1.29 is 19.2 Å². The van der Waals surface area contributed by atoms with Gasteiger partial charge >= 0.3 is 5.97 Å². The molecule has 1 amide bonds. The van der Waals surface area contributed by atoms with Crippen LogP contribution in [0.3, 0.4) is 0 Å². The Labute approximate surface area is 187 Å². The molecule has 0 unspecified atom stereocenters. The van der Waals surface area contributed by atoms with Crippen molar-refractivity contribution in [3.05, 3.63) is 86.1 Å². The maximum atomic E-state index is 12.5. The normalized spacial score (nSPS) is 10.3. The van der Waals surface area contributed by atoms with E-state index >= 15 is 0 Å². The maximum Gasteiger partial charge on any atom is 0.338 e. The standard InChI is InChI=1S/C22H17ClN4O5/c1-13-14(2)26(16-6-4-3-5-7-16)21(17(13)11-24)25-20(28)12-32-22(29)15-8-9-18(23)19(10-15)27(30)31/h3-10H,12H2,1-2H3,(H,25,28). The van der Waals surface area contributed by atoms with Gasteiger partial charge in [-0.3, -0.25) is 19.5 Å². The van der Waals surface area contributed by atoms with E-state index in [0.29, 0.717) is 11.1 Å². The van der Waals surface area contributed by atoms with E-state index in [9.17, 15) is 25.0 Å². The highest BCUT2D eigenvalue weighted by molar-refractivity contribution is 6.32. The fourth-order valence-electron chi connectivity index (χ4n) is 3.12. The van der Waals surface area contributed by atoms with E-state index in [1.165, 1.54) is 12.1 Å². The van der Waals surface area contributed by atoms with Gasteiger partial charge in [0.05, 0.1) is 16.1 Å². The third-order valence-electron chi connectivity index (χ3n) is 4.81. The smallest absolute Gasteiger partial charge is 0.338 e. The number of carbonyl (C=O) groups is 2. The van der Waals surface area contributed by atoms with E-state index in [1.54, 1.807) is 11.5 Å². The van der Waals surface area contributed by atoms with E-state index < -0.39 is 29.1 Å². The predicted molar refractivity (Wildman–Crippen MR) is 117 cm³/mol. The first-order chi connectivity index (χ1) is 15.2. The fraction of sp³-hybridized carbons (Fsp3) is 0.136. The Hall–Kier alpha value is -4.16. The van der Waals surface area contributed by atoms with Gasteiger partial charge in [-0.2, -0.15) is 5.26 Å². The molecule has 3 aromatic rings. The average molecular weight is 453 g/mol. The molecule has 0 atom stereocenters. The summed E-state index contributed by atoms with van der Waals surface area (Å²) in [7, 11) is 0. The van der Waals surface area contributed by atoms with Gasteiger partial charge in [0, 0.05) is 17.4 Å². The quantitative estimate of drug-likeness (QED) is 0.337. The second kappa shape index (κ2) is 9.32. The monoisotopic (exact) mass is 452 g/mol. The number of rotatable bonds is 6. The molecule has 1 heterocycles. The van der Waals surface area contributed by atoms with Crippen LogP contribution in [-0.2, 0) is 9.53 Å². The van der Waals surface area contributed by atoms with Gasteiger partial charge in [0.25, 0.3) is 11.6 Å². The molecule has 162 valence electrons. The van der Waals surface area contributed by atoms with E-state index in [0.717, 1.165) is 17.4 Å². The van der Waals surface area contributed by atoms with Crippen molar-refractivity contribution in [1.82, 2.24) is 4.57 Å². The largest absolute Gasteiger partial charge is 0.452 e. The number of carbonyl (C=O) groups excluding carboxylic acids is 2. The number of para-hydroxylation sites is 1. The molecule has 0 radical (unpaired) electrons. The zero-order valence-electron chi connectivity index (χ0n) is 17.1. The fourth-order valence-corrected chi connectivity index (χ4v) is 3.31. The zero-order valence-corrected chi connectivity index (χ0v) is 17.8. The number of hydrogen-bond donors (Lipinski definition) is 1. The number of amides is 1. The van der Waals surface area contributed by atoms with Crippen molar-refractivity contribution in [1.29, 1.82) is 5.26 Å². The van der Waals surface area contributed by atoms with E-state index in [4.69, 9.17) is 16.3 Å². The van der Waals surface area contributed by atoms with Crippen LogP contribution in [-0.4, -0.2) is 28.0 Å². The number of esters is 1. The molecule has 0 aliphatic heterocycles. The number of nitrogens with one attached hydrogen (secondary N) is 1. The van der Waals surface area contributed by atoms with Gasteiger partial charge in [-0.05, 0) is 43.7 Å². The van der Waals surface area contributed by atoms with Crippen molar-refractivity contribution in [3.8, 4) is 11.8 Å². The molecule has 1 aromatic heterocycles. The van der Waals surface area contributed by atoms with Gasteiger partial charge in [0.2, 0.25) is 0 Å². The first-order valence-electron chi connectivity index (χ1n) is 9.33. The van der Waals surface area contributed by atoms with Crippen LogP contribution in [0, 0.1) is 35.3 Å². The summed E-state index contributed by atoms with van der Waals surface area (Å²) in [6, 6.07) is 14.7. The summed E-state index contributed by atoms with van der Waals surface area (Å²) in [4.78, 5) is 35.0. The summed E-state index contributed by atoms with van der Waals surface area (Å²) < 4.78 is 6.72. The lowest BCUT2D eigenvalue weighted by Gasteiger charge is -2.13. The van der Waals surface area contributed by atoms with Crippen molar-refractivity contribution in [2.24, 2.45) is 0 Å². The average Bonchev–Trinajstić information content (AvgIpc) is 3.01. The lowest BCUT2D eigenvalue weighted by atomic mass is 10.2. The summed E-state index contributed by atoms with van der Waals surface area (Å²) in [5.74, 6) is -1.34. The molecule has 0 saturated carbocycles. The lowest BCUT2D eigenvalue weighted by Crippen LogP contribution is -2.23. The van der Waals surface area contributed by atoms with Gasteiger partial charge in [0.15, 0.2) is 6.61 Å². The second-order valence-electron chi connectivity index (χ2n) is 6.76. The third-order valence-corrected chi connectivity index (χ3v) is 5.13. The Balaban J connectivity index is 1.79. The van der Waals surface area contributed by atoms with Crippen LogP contribution >= 0.6 is 11.6 Å². The van der Waals surface area contributed by atoms with E-state index in [2.05, 4.69) is 11.4 Å². The number of ether oxygens (including phenoxy) is 1. The van der Waals surface area contributed by atoms with Gasteiger partial charge in [-0.25, -0.2) is 4.79 Å². The van der Waals surface area contributed by atoms with Crippen molar-refractivity contribution in [2.45, 2.75) is 13.8 Å². The summed E-state index contributed by atoms with van der Waals surface area (Å²) in [6.45, 7) is 2.95. The number of nitro groups is 1. The van der Waals surface area contributed by atoms with Crippen molar-refractivity contribution >= 4 is 35.0 Å². The van der Waals surface area contributed by atoms with Crippen LogP contribution in [0.15, 0.2) is 48.5 Å². The number of halogens is 1. The Kier molecular flexibility index (Phi) is 6.56. The first-order valence-corrected chi connectivity index (χ1v) is 9.70. The molecule has 0 fully saturated rings. The van der Waals surface area contributed by atoms with Crippen LogP contribution < -0.4 is 5.32 Å². The molecule has 0 aliphatic carbocycles. The highest BCUT2D eigenvalue weighted by atomic mass is 35.5. The number of nitrogens with zero attached hydrogens (tertiary/aromatic N) is 3. The van der Waals surface area contributed by atoms with E-state index in [-0.39, 0.29) is 16.4 Å². The molecule has 32 heavy (non-hydrogen) atoms. The molecule has 3 rings (SSSR count). The Morgan fingerprint density at radius 2 is 1.91 bits per heavy atom. The Bertz CT molecular complexity index is 1260. The van der Waals surface area contributed by atoms with Crippen LogP contribution in [0.1, 0.15) is 27.2 Å². The summed E-state index contributed by atoms with van der Waals surface area (Å²) in [5.41, 5.74) is 1.95. The summed E-state index contributed by atoms with van der Waals surface area (Å²) in [6.07, 6.45) is 0. The first kappa shape index (κ1) is 22.5. The number of nitro benzene ring substituents is 1. The van der Waals surface area contributed by atoms with Gasteiger partial charge in [-0.1, -0.05) is 29.8 Å². The van der Waals surface area contributed by atoms with Crippen LogP contribution in [0.2, 0.25) is 5.02 Å². The Morgan fingerprint density at radius 3 is 2.53 bits per heavy atom. The van der Waals surface area contributed by atoms with Crippen molar-refractivity contribution in [2.75, 3.05) is 11.9 Å². The lowest BCUT2D eigenvalue weighted by molar-refractivity contribution is -0.384. The van der Waals surface area contributed by atoms with Gasteiger partial charge in [-0.15, -0.1) is 0 Å². The van der Waals surface area contributed by atoms with E-state index in [1.807, 2.05) is 37.3 Å². The minimum absolute atomic E-state index is 0.119. The molecule has 0 spiro atoms.